The van der Waals surface area contributed by atoms with Gasteiger partial charge in [0.2, 0.25) is 0 Å². The topological polar surface area (TPSA) is 380 Å². The Bertz CT molecular complexity index is 2410. The van der Waals surface area contributed by atoms with Crippen LogP contribution in [0.1, 0.15) is 387 Å². The molecule has 0 radical (unpaired) electrons. The van der Waals surface area contributed by atoms with E-state index in [1.165, 1.54) is 154 Å². The van der Waals surface area contributed by atoms with E-state index in [1.807, 2.05) is 0 Å². The first-order valence-electron chi connectivity index (χ1n) is 45.4. The fourth-order valence-corrected chi connectivity index (χ4v) is 16.0. The second-order valence-electron chi connectivity index (χ2n) is 32.5. The summed E-state index contributed by atoms with van der Waals surface area (Å²) in [6.45, 7) is 5.57. The minimum absolute atomic E-state index is 0.0185. The molecule has 664 valence electrons. The Kier molecular flexibility index (Phi) is 61.8. The first-order valence-corrected chi connectivity index (χ1v) is 46.9. The maximum Gasteiger partial charge on any atom is 0.472 e. The zero-order valence-electron chi connectivity index (χ0n) is 70.4. The Balaban J connectivity index is 1.93. The van der Waals surface area contributed by atoms with E-state index in [0.717, 1.165) is 148 Å². The van der Waals surface area contributed by atoms with Gasteiger partial charge in [-0.1, -0.05) is 322 Å². The van der Waals surface area contributed by atoms with Crippen LogP contribution < -0.4 is 0 Å². The summed E-state index contributed by atoms with van der Waals surface area (Å²) in [5, 5.41) is 102. The lowest BCUT2D eigenvalue weighted by Crippen LogP contribution is -2.70. The summed E-state index contributed by atoms with van der Waals surface area (Å²) in [6, 6.07) is 0. The third-order valence-electron chi connectivity index (χ3n) is 22.3. The van der Waals surface area contributed by atoms with E-state index in [2.05, 4.69) is 39.8 Å². The third-order valence-corrected chi connectivity index (χ3v) is 23.3. The monoisotopic (exact) mass is 1640 g/mol. The number of phosphoric acid groups is 1. The lowest BCUT2D eigenvalue weighted by atomic mass is 9.84. The van der Waals surface area contributed by atoms with Gasteiger partial charge in [0, 0.05) is 25.7 Å². The van der Waals surface area contributed by atoms with E-state index >= 15 is 0 Å². The Labute approximate surface area is 680 Å². The van der Waals surface area contributed by atoms with Crippen molar-refractivity contribution >= 4 is 31.7 Å². The van der Waals surface area contributed by atoms with E-state index in [1.54, 1.807) is 0 Å². The third kappa shape index (κ3) is 47.7. The van der Waals surface area contributed by atoms with Crippen molar-refractivity contribution in [2.75, 3.05) is 26.4 Å². The molecular formula is C87H161O25P. The van der Waals surface area contributed by atoms with Gasteiger partial charge in [-0.15, -0.1) is 0 Å². The summed E-state index contributed by atoms with van der Waals surface area (Å²) in [5.41, 5.74) is 0. The highest BCUT2D eigenvalue weighted by atomic mass is 31.2. The predicted octanol–water partition coefficient (Wildman–Crippen LogP) is 16.0. The number of unbranched alkanes of at least 4 members (excludes halogenated alkanes) is 47. The van der Waals surface area contributed by atoms with Crippen molar-refractivity contribution in [3.05, 3.63) is 12.2 Å². The summed E-state index contributed by atoms with van der Waals surface area (Å²) in [7, 11) is -5.80. The molecule has 0 amide bonds. The van der Waals surface area contributed by atoms with Crippen molar-refractivity contribution < 1.29 is 122 Å². The van der Waals surface area contributed by atoms with Crippen molar-refractivity contribution in [3.63, 3.8) is 0 Å². The molecule has 1 aliphatic carbocycles. The van der Waals surface area contributed by atoms with Gasteiger partial charge in [0.25, 0.3) is 0 Å². The molecular weight excluding hydrogens is 1480 g/mol. The molecule has 0 aromatic carbocycles. The van der Waals surface area contributed by atoms with Gasteiger partial charge < -0.3 is 88.7 Å². The lowest BCUT2D eigenvalue weighted by Gasteiger charge is -2.50. The maximum absolute atomic E-state index is 14.9. The highest BCUT2D eigenvalue weighted by Crippen LogP contribution is 2.49. The number of rotatable bonds is 73. The van der Waals surface area contributed by atoms with Crippen LogP contribution in [0.25, 0.3) is 0 Å². The summed E-state index contributed by atoms with van der Waals surface area (Å²) in [4.78, 5) is 66.3. The van der Waals surface area contributed by atoms with E-state index < -0.39 is 162 Å². The molecule has 113 heavy (non-hydrogen) atoms. The molecule has 18 atom stereocenters. The molecule has 3 aliphatic rings. The number of hydrogen-bond donors (Lipinski definition) is 10. The predicted molar refractivity (Wildman–Crippen MR) is 435 cm³/mol. The SMILES string of the molecule is CCCCCC/C=C\CCCCCCCCCC(=O)OCC(COP(=O)(O)OC1C(OC2OC(CO)C(O)C(O)C2O)C(O)C(O)C(OC(=O)CCCCCCCCCCCCCCC)C1OC1OC(COC(=O)CCCCCCCCCCCCCCC)C(O)C(O)C1O)OC(=O)CCCCCCCCCCCCCCC. The van der Waals surface area contributed by atoms with E-state index in [9.17, 15) is 74.6 Å². The molecule has 0 aromatic rings. The van der Waals surface area contributed by atoms with Gasteiger partial charge in [-0.25, -0.2) is 4.57 Å². The maximum atomic E-state index is 14.9. The van der Waals surface area contributed by atoms with Crippen LogP contribution in [-0.2, 0) is 70.7 Å². The Hall–Kier alpha value is -2.79. The number of aliphatic hydroxyl groups excluding tert-OH is 9. The molecule has 1 saturated carbocycles. The van der Waals surface area contributed by atoms with Crippen molar-refractivity contribution in [1.82, 2.24) is 0 Å². The van der Waals surface area contributed by atoms with Gasteiger partial charge in [-0.3, -0.25) is 28.2 Å². The molecule has 3 rings (SSSR count). The first kappa shape index (κ1) is 104. The average molecular weight is 1640 g/mol. The summed E-state index contributed by atoms with van der Waals surface area (Å²) in [5.74, 6) is -2.96. The minimum Gasteiger partial charge on any atom is -0.463 e. The molecule has 2 saturated heterocycles. The molecule has 18 unspecified atom stereocenters. The van der Waals surface area contributed by atoms with E-state index in [0.29, 0.717) is 32.1 Å². The lowest BCUT2D eigenvalue weighted by molar-refractivity contribution is -0.360. The van der Waals surface area contributed by atoms with E-state index in [-0.39, 0.29) is 25.7 Å². The molecule has 0 spiro atoms. The number of carbonyl (C=O) groups excluding carboxylic acids is 4. The highest BCUT2D eigenvalue weighted by molar-refractivity contribution is 7.47. The fraction of sp³-hybridized carbons (Fsp3) is 0.931. The number of ether oxygens (including phenoxy) is 8. The van der Waals surface area contributed by atoms with Crippen LogP contribution in [0, 0.1) is 0 Å². The standard InChI is InChI=1S/C87H161O25P/c1-5-9-13-17-21-25-29-33-34-38-40-43-47-51-55-59-70(89)103-64-67(106-72(91)61-57-53-49-45-41-36-31-27-23-19-15-11-7-3)65-105-113(101,102)112-85-83(110-86-80(99)76(95)74(93)68(63-88)107-86)79(98)78(97)82(109-73(92)62-58-54-50-46-42-37-32-28-24-20-16-12-8-4)84(85)111-87-81(100)77(96)75(94)69(108-87)66-104-71(90)60-56-52-48-44-39-35-30-26-22-18-14-10-6-2/h25,29,67-69,74-88,93-100H,5-24,26-28,30-66H2,1-4H3,(H,101,102)/b29-25-. The molecule has 25 nitrogen and oxygen atoms in total. The zero-order chi connectivity index (χ0) is 82.5. The van der Waals surface area contributed by atoms with Crippen LogP contribution in [0.4, 0.5) is 0 Å². The van der Waals surface area contributed by atoms with Crippen LogP contribution in [0.2, 0.25) is 0 Å². The van der Waals surface area contributed by atoms with Crippen LogP contribution in [0.15, 0.2) is 12.2 Å². The Morgan fingerprint density at radius 1 is 0.345 bits per heavy atom. The van der Waals surface area contributed by atoms with Crippen LogP contribution in [0.5, 0.6) is 0 Å². The van der Waals surface area contributed by atoms with Gasteiger partial charge in [0.1, 0.15) is 92.6 Å². The van der Waals surface area contributed by atoms with Gasteiger partial charge in [-0.05, 0) is 51.4 Å². The summed E-state index contributed by atoms with van der Waals surface area (Å²) in [6.07, 6.45) is 23.7. The van der Waals surface area contributed by atoms with Gasteiger partial charge in [0.15, 0.2) is 24.8 Å². The van der Waals surface area contributed by atoms with Crippen LogP contribution in [0.3, 0.4) is 0 Å². The second-order valence-corrected chi connectivity index (χ2v) is 33.9. The molecule has 26 heteroatoms. The number of carbonyl (C=O) groups is 4. The van der Waals surface area contributed by atoms with Gasteiger partial charge >= 0.3 is 31.7 Å². The number of phosphoric ester groups is 1. The minimum atomic E-state index is -5.80. The van der Waals surface area contributed by atoms with Crippen LogP contribution >= 0.6 is 7.82 Å². The second kappa shape index (κ2) is 66.9. The van der Waals surface area contributed by atoms with Crippen molar-refractivity contribution in [1.29, 1.82) is 0 Å². The van der Waals surface area contributed by atoms with Crippen LogP contribution in [-0.4, -0.2) is 205 Å². The average Bonchev–Trinajstić information content (AvgIpc) is 0.754. The number of esters is 4. The zero-order valence-corrected chi connectivity index (χ0v) is 71.3. The van der Waals surface area contributed by atoms with E-state index in [4.69, 9.17) is 46.9 Å². The van der Waals surface area contributed by atoms with Crippen molar-refractivity contribution in [3.8, 4) is 0 Å². The van der Waals surface area contributed by atoms with Crippen molar-refractivity contribution in [2.45, 2.75) is 491 Å². The molecule has 3 fully saturated rings. The normalized spacial score (nSPS) is 25.5. The largest absolute Gasteiger partial charge is 0.472 e. The fourth-order valence-electron chi connectivity index (χ4n) is 15.0. The summed E-state index contributed by atoms with van der Waals surface area (Å²) >= 11 is 0. The van der Waals surface area contributed by atoms with Crippen molar-refractivity contribution in [2.24, 2.45) is 0 Å². The molecule has 0 bridgehead atoms. The number of aliphatic hydroxyl groups is 9. The Morgan fingerprint density at radius 3 is 1.06 bits per heavy atom. The molecule has 0 aromatic heterocycles. The smallest absolute Gasteiger partial charge is 0.463 e. The molecule has 10 N–H and O–H groups in total. The molecule has 2 aliphatic heterocycles. The summed E-state index contributed by atoms with van der Waals surface area (Å²) < 4.78 is 73.3. The van der Waals surface area contributed by atoms with Gasteiger partial charge in [0.05, 0.1) is 13.2 Å². The Morgan fingerprint density at radius 2 is 0.664 bits per heavy atom. The number of allylic oxidation sites excluding steroid dienone is 2. The number of hydrogen-bond acceptors (Lipinski definition) is 24. The first-order chi connectivity index (χ1) is 54.7. The van der Waals surface area contributed by atoms with Gasteiger partial charge in [-0.2, -0.15) is 0 Å². The highest BCUT2D eigenvalue weighted by Gasteiger charge is 2.60. The quantitative estimate of drug-likeness (QED) is 0.00889. The molecule has 2 heterocycles.